The van der Waals surface area contributed by atoms with Crippen LogP contribution in [0, 0.1) is 11.6 Å². The zero-order chi connectivity index (χ0) is 29.0. The molecule has 2 amide bonds. The Morgan fingerprint density at radius 1 is 1.15 bits per heavy atom. The summed E-state index contributed by atoms with van der Waals surface area (Å²) in [5.41, 5.74) is -1.07. The lowest BCUT2D eigenvalue weighted by Gasteiger charge is -2.31. The van der Waals surface area contributed by atoms with Gasteiger partial charge in [0.05, 0.1) is 18.4 Å². The van der Waals surface area contributed by atoms with Crippen LogP contribution in [0.4, 0.5) is 22.0 Å². The van der Waals surface area contributed by atoms with E-state index in [2.05, 4.69) is 9.97 Å². The topological polar surface area (TPSA) is 132 Å². The number of nitrogens with two attached hydrogens (primary N) is 1. The summed E-state index contributed by atoms with van der Waals surface area (Å²) in [4.78, 5) is 33.1. The Bertz CT molecular complexity index is 1660. The van der Waals surface area contributed by atoms with E-state index in [1.54, 1.807) is 0 Å². The second-order valence-electron chi connectivity index (χ2n) is 9.48. The molecule has 0 fully saturated rings. The number of hydrogen-bond acceptors (Lipinski definition) is 6. The van der Waals surface area contributed by atoms with E-state index >= 15 is 0 Å². The zero-order valence-electron chi connectivity index (χ0n) is 20.6. The third-order valence-corrected chi connectivity index (χ3v) is 6.83. The molecule has 0 aliphatic carbocycles. The molecule has 9 nitrogen and oxygen atoms in total. The van der Waals surface area contributed by atoms with Crippen LogP contribution in [-0.4, -0.2) is 50.6 Å². The van der Waals surface area contributed by atoms with Gasteiger partial charge in [0.1, 0.15) is 46.4 Å². The molecular weight excluding hydrogens is 541 g/mol. The maximum atomic E-state index is 14.5. The SMILES string of the molecule is C[C@]1(C(N)=O)COc2c1cc([C@@](O)(CNC(=O)c1cnc3ccc(F)cn13)C(F)(F)F)nc2-c1ccc(F)cc1. The monoisotopic (exact) mass is 561 g/mol. The molecule has 4 heterocycles. The van der Waals surface area contributed by atoms with E-state index in [1.165, 1.54) is 25.1 Å². The number of hydrogen-bond donors (Lipinski definition) is 3. The van der Waals surface area contributed by atoms with Gasteiger partial charge in [-0.2, -0.15) is 13.2 Å². The fraction of sp³-hybridized carbons (Fsp3) is 0.231. The van der Waals surface area contributed by atoms with Crippen molar-refractivity contribution in [3.05, 3.63) is 83.4 Å². The highest BCUT2D eigenvalue weighted by atomic mass is 19.4. The minimum absolute atomic E-state index is 0.0574. The lowest BCUT2D eigenvalue weighted by molar-refractivity contribution is -0.265. The number of nitrogens with one attached hydrogen (secondary N) is 1. The highest BCUT2D eigenvalue weighted by molar-refractivity contribution is 5.93. The maximum absolute atomic E-state index is 14.5. The van der Waals surface area contributed by atoms with E-state index in [0.717, 1.165) is 41.1 Å². The van der Waals surface area contributed by atoms with Crippen molar-refractivity contribution in [1.82, 2.24) is 19.7 Å². The molecule has 1 aliphatic rings. The molecule has 40 heavy (non-hydrogen) atoms. The molecule has 1 aromatic carbocycles. The van der Waals surface area contributed by atoms with Crippen molar-refractivity contribution in [2.45, 2.75) is 24.1 Å². The number of imidazole rings is 1. The molecule has 4 aromatic rings. The smallest absolute Gasteiger partial charge is 0.424 e. The Labute approximate surface area is 222 Å². The van der Waals surface area contributed by atoms with Crippen molar-refractivity contribution in [2.24, 2.45) is 5.73 Å². The Balaban J connectivity index is 1.60. The van der Waals surface area contributed by atoms with Crippen LogP contribution >= 0.6 is 0 Å². The minimum atomic E-state index is -5.39. The predicted octanol–water partition coefficient (Wildman–Crippen LogP) is 2.99. The normalized spacial score (nSPS) is 18.2. The number of fused-ring (bicyclic) bond motifs is 2. The maximum Gasteiger partial charge on any atom is 0.424 e. The van der Waals surface area contributed by atoms with Crippen LogP contribution in [0.25, 0.3) is 16.9 Å². The summed E-state index contributed by atoms with van der Waals surface area (Å²) >= 11 is 0. The van der Waals surface area contributed by atoms with Crippen LogP contribution in [-0.2, 0) is 15.8 Å². The first-order chi connectivity index (χ1) is 18.7. The lowest BCUT2D eigenvalue weighted by Crippen LogP contribution is -2.52. The molecule has 0 saturated heterocycles. The quantitative estimate of drug-likeness (QED) is 0.310. The Hall–Kier alpha value is -4.59. The number of carbonyl (C=O) groups excluding carboxylic acids is 2. The zero-order valence-corrected chi connectivity index (χ0v) is 20.6. The van der Waals surface area contributed by atoms with Gasteiger partial charge in [-0.15, -0.1) is 0 Å². The van der Waals surface area contributed by atoms with Gasteiger partial charge in [0.25, 0.3) is 5.91 Å². The molecule has 0 unspecified atom stereocenters. The Morgan fingerprint density at radius 3 is 2.48 bits per heavy atom. The predicted molar refractivity (Wildman–Crippen MR) is 129 cm³/mol. The number of rotatable bonds is 6. The van der Waals surface area contributed by atoms with Crippen LogP contribution in [0.3, 0.4) is 0 Å². The van der Waals surface area contributed by atoms with Gasteiger partial charge >= 0.3 is 6.18 Å². The van der Waals surface area contributed by atoms with Crippen molar-refractivity contribution in [3.63, 3.8) is 0 Å². The number of alkyl halides is 3. The largest absolute Gasteiger partial charge is 0.489 e. The number of halogens is 5. The highest BCUT2D eigenvalue weighted by Crippen LogP contribution is 2.47. The molecule has 208 valence electrons. The Kier molecular flexibility index (Phi) is 6.25. The van der Waals surface area contributed by atoms with Crippen LogP contribution in [0.1, 0.15) is 28.7 Å². The van der Waals surface area contributed by atoms with Gasteiger partial charge in [0, 0.05) is 17.3 Å². The van der Waals surface area contributed by atoms with Crippen LogP contribution in [0.5, 0.6) is 5.75 Å². The second-order valence-corrected chi connectivity index (χ2v) is 9.48. The van der Waals surface area contributed by atoms with Gasteiger partial charge < -0.3 is 20.9 Å². The first-order valence-corrected chi connectivity index (χ1v) is 11.7. The van der Waals surface area contributed by atoms with Crippen LogP contribution in [0.2, 0.25) is 0 Å². The number of nitrogens with zero attached hydrogens (tertiary/aromatic N) is 3. The fourth-order valence-corrected chi connectivity index (χ4v) is 4.36. The molecule has 5 rings (SSSR count). The molecule has 4 N–H and O–H groups in total. The standard InChI is InChI=1S/C26H20F5N5O4/c1-24(23(32)38)12-40-21-16(24)8-18(35-20(21)13-2-4-14(27)5-3-13)25(39,26(29,30)31)11-34-22(37)17-9-33-19-7-6-15(28)10-36(17)19/h2-10,39H,11-12H2,1H3,(H2,32,38)(H,34,37)/t24-,25-/m0/s1. The van der Waals surface area contributed by atoms with Crippen molar-refractivity contribution in [1.29, 1.82) is 0 Å². The summed E-state index contributed by atoms with van der Waals surface area (Å²) in [6.07, 6.45) is -3.43. The summed E-state index contributed by atoms with van der Waals surface area (Å²) in [6.45, 7) is -0.374. The third-order valence-electron chi connectivity index (χ3n) is 6.83. The van der Waals surface area contributed by atoms with Gasteiger partial charge in [0.2, 0.25) is 11.5 Å². The summed E-state index contributed by atoms with van der Waals surface area (Å²) in [7, 11) is 0. The third kappa shape index (κ3) is 4.29. The van der Waals surface area contributed by atoms with E-state index in [4.69, 9.17) is 10.5 Å². The molecule has 0 radical (unpaired) electrons. The number of benzene rings is 1. The van der Waals surface area contributed by atoms with E-state index in [0.29, 0.717) is 0 Å². The number of amides is 2. The summed E-state index contributed by atoms with van der Waals surface area (Å²) in [5.74, 6) is -3.40. The first-order valence-electron chi connectivity index (χ1n) is 11.7. The fourth-order valence-electron chi connectivity index (χ4n) is 4.36. The number of ether oxygens (including phenoxy) is 1. The van der Waals surface area contributed by atoms with Crippen LogP contribution < -0.4 is 15.8 Å². The first kappa shape index (κ1) is 27.0. The highest BCUT2D eigenvalue weighted by Gasteiger charge is 2.57. The van der Waals surface area contributed by atoms with Crippen molar-refractivity contribution in [3.8, 4) is 17.0 Å². The van der Waals surface area contributed by atoms with Crippen molar-refractivity contribution >= 4 is 17.5 Å². The number of aliphatic hydroxyl groups is 1. The average molecular weight is 561 g/mol. The molecule has 1 aliphatic heterocycles. The summed E-state index contributed by atoms with van der Waals surface area (Å²) in [5, 5.41) is 13.1. The van der Waals surface area contributed by atoms with E-state index < -0.39 is 52.9 Å². The Morgan fingerprint density at radius 2 is 1.82 bits per heavy atom. The molecule has 0 saturated carbocycles. The van der Waals surface area contributed by atoms with Crippen molar-refractivity contribution < 1.29 is 41.4 Å². The molecule has 0 spiro atoms. The number of carbonyl (C=O) groups is 2. The minimum Gasteiger partial charge on any atom is -0.489 e. The summed E-state index contributed by atoms with van der Waals surface area (Å²) < 4.78 is 77.4. The molecule has 0 bridgehead atoms. The molecular formula is C26H20F5N5O4. The van der Waals surface area contributed by atoms with E-state index in [-0.39, 0.29) is 40.5 Å². The summed E-state index contributed by atoms with van der Waals surface area (Å²) in [6, 6.07) is 7.78. The van der Waals surface area contributed by atoms with E-state index in [9.17, 15) is 36.6 Å². The van der Waals surface area contributed by atoms with Gasteiger partial charge in [-0.05, 0) is 49.4 Å². The lowest BCUT2D eigenvalue weighted by atomic mass is 9.81. The average Bonchev–Trinajstić information content (AvgIpc) is 3.48. The second kappa shape index (κ2) is 9.26. The van der Waals surface area contributed by atoms with E-state index in [1.807, 2.05) is 5.32 Å². The number of aromatic nitrogens is 3. The van der Waals surface area contributed by atoms with Gasteiger partial charge in [-0.1, -0.05) is 0 Å². The van der Waals surface area contributed by atoms with Crippen LogP contribution in [0.15, 0.2) is 54.9 Å². The molecule has 3 aromatic heterocycles. The number of pyridine rings is 2. The molecule has 2 atom stereocenters. The van der Waals surface area contributed by atoms with Gasteiger partial charge in [-0.3, -0.25) is 14.0 Å². The van der Waals surface area contributed by atoms with Crippen molar-refractivity contribution in [2.75, 3.05) is 13.2 Å². The number of primary amides is 1. The molecule has 14 heteroatoms. The van der Waals surface area contributed by atoms with Gasteiger partial charge in [-0.25, -0.2) is 18.7 Å². The van der Waals surface area contributed by atoms with Gasteiger partial charge in [0.15, 0.2) is 0 Å².